The molecule has 4 aromatic rings. The summed E-state index contributed by atoms with van der Waals surface area (Å²) < 4.78 is 0. The summed E-state index contributed by atoms with van der Waals surface area (Å²) in [5.41, 5.74) is 6.30. The molecule has 1 nitrogen and oxygen atoms in total. The van der Waals surface area contributed by atoms with E-state index in [9.17, 15) is 4.79 Å². The Bertz CT molecular complexity index is 884. The fourth-order valence-electron chi connectivity index (χ4n) is 2.60. The number of ketones is 1. The Morgan fingerprint density at radius 3 is 0.969 bits per heavy atom. The van der Waals surface area contributed by atoms with E-state index in [2.05, 4.69) is 57.2 Å². The number of hydrogen-bond acceptors (Lipinski definition) is 1. The van der Waals surface area contributed by atoms with Gasteiger partial charge in [0.25, 0.3) is 0 Å². The van der Waals surface area contributed by atoms with Crippen molar-refractivity contribution in [3.8, 4) is 0 Å². The number of rotatable bonds is 2. The lowest BCUT2D eigenvalue weighted by atomic mass is 10.1. The molecule has 0 saturated carbocycles. The van der Waals surface area contributed by atoms with E-state index in [0.717, 1.165) is 5.56 Å². The molecule has 1 heteroatoms. The lowest BCUT2D eigenvalue weighted by Crippen LogP contribution is -1.95. The first-order valence-corrected chi connectivity index (χ1v) is 11.0. The Morgan fingerprint density at radius 1 is 0.469 bits per heavy atom. The molecule has 0 aliphatic rings. The third-order valence-electron chi connectivity index (χ3n) is 4.40. The molecule has 0 spiro atoms. The number of carbonyl (C=O) groups is 1. The minimum atomic E-state index is 0.217. The average molecular weight is 425 g/mol. The summed E-state index contributed by atoms with van der Waals surface area (Å²) >= 11 is 0. The summed E-state index contributed by atoms with van der Waals surface area (Å²) in [6, 6.07) is 38.8. The Balaban J connectivity index is 0.000000218. The highest BCUT2D eigenvalue weighted by molar-refractivity contribution is 5.78. The topological polar surface area (TPSA) is 17.1 Å². The molecule has 0 N–H and O–H groups in total. The molecular weight excluding hydrogens is 388 g/mol. The molecule has 0 aliphatic heterocycles. The van der Waals surface area contributed by atoms with Gasteiger partial charge in [-0.1, -0.05) is 138 Å². The molecule has 32 heavy (non-hydrogen) atoms. The summed E-state index contributed by atoms with van der Waals surface area (Å²) in [6.07, 6.45) is 0.556. The van der Waals surface area contributed by atoms with Gasteiger partial charge in [-0.25, -0.2) is 0 Å². The van der Waals surface area contributed by atoms with Gasteiger partial charge in [0.15, 0.2) is 0 Å². The van der Waals surface area contributed by atoms with Crippen LogP contribution >= 0.6 is 0 Å². The van der Waals surface area contributed by atoms with Gasteiger partial charge in [-0.05, 0) is 40.2 Å². The van der Waals surface area contributed by atoms with Crippen LogP contribution < -0.4 is 0 Å². The minimum absolute atomic E-state index is 0.217. The zero-order chi connectivity index (χ0) is 23.6. The van der Waals surface area contributed by atoms with Gasteiger partial charge in [-0.15, -0.1) is 0 Å². The summed E-state index contributed by atoms with van der Waals surface area (Å²) in [7, 11) is 0. The van der Waals surface area contributed by atoms with Crippen LogP contribution in [0.3, 0.4) is 0 Å². The number of hydrogen-bond donors (Lipinski definition) is 0. The van der Waals surface area contributed by atoms with Crippen LogP contribution in [-0.2, 0) is 11.2 Å². The van der Waals surface area contributed by atoms with Gasteiger partial charge in [-0.3, -0.25) is 4.79 Å². The van der Waals surface area contributed by atoms with Gasteiger partial charge in [0, 0.05) is 6.42 Å². The van der Waals surface area contributed by atoms with E-state index in [0.29, 0.717) is 6.42 Å². The molecule has 0 aliphatic carbocycles. The Kier molecular flexibility index (Phi) is 13.5. The van der Waals surface area contributed by atoms with Crippen LogP contribution in [0, 0.1) is 27.7 Å². The van der Waals surface area contributed by atoms with Gasteiger partial charge in [0.05, 0.1) is 0 Å². The maximum atomic E-state index is 10.7. The second kappa shape index (κ2) is 16.3. The quantitative estimate of drug-likeness (QED) is 0.317. The monoisotopic (exact) mass is 424 g/mol. The zero-order valence-electron chi connectivity index (χ0n) is 20.1. The number of carbonyl (C=O) groups excluding carboxylic acids is 1. The van der Waals surface area contributed by atoms with Gasteiger partial charge in [0.1, 0.15) is 5.78 Å². The highest BCUT2D eigenvalue weighted by Gasteiger charge is 1.95. The van der Waals surface area contributed by atoms with Crippen LogP contribution in [0.4, 0.5) is 0 Å². The fraction of sp³-hybridized carbons (Fsp3) is 0.194. The van der Waals surface area contributed by atoms with Crippen molar-refractivity contribution in [2.24, 2.45) is 0 Å². The summed E-state index contributed by atoms with van der Waals surface area (Å²) in [5, 5.41) is 0. The maximum Gasteiger partial charge on any atom is 0.134 e. The Hall–Kier alpha value is -3.45. The number of Topliss-reactive ketones (excluding diaryl/α,β-unsaturated/α-hetero) is 1. The van der Waals surface area contributed by atoms with Crippen molar-refractivity contribution in [3.63, 3.8) is 0 Å². The zero-order valence-corrected chi connectivity index (χ0v) is 20.1. The second-order valence-electron chi connectivity index (χ2n) is 7.83. The first kappa shape index (κ1) is 26.6. The van der Waals surface area contributed by atoms with Crippen LogP contribution in [0.1, 0.15) is 34.7 Å². The molecule has 0 bridgehead atoms. The molecule has 4 rings (SSSR count). The van der Waals surface area contributed by atoms with E-state index < -0.39 is 0 Å². The molecule has 166 valence electrons. The first-order chi connectivity index (χ1) is 15.4. The van der Waals surface area contributed by atoms with Gasteiger partial charge in [-0.2, -0.15) is 0 Å². The molecule has 0 fully saturated rings. The third kappa shape index (κ3) is 14.5. The summed E-state index contributed by atoms with van der Waals surface area (Å²) in [6.45, 7) is 9.90. The number of aryl methyl sites for hydroxylation is 4. The van der Waals surface area contributed by atoms with E-state index in [-0.39, 0.29) is 5.78 Å². The van der Waals surface area contributed by atoms with Crippen LogP contribution in [0.15, 0.2) is 115 Å². The summed E-state index contributed by atoms with van der Waals surface area (Å²) in [4.78, 5) is 10.7. The molecule has 4 aromatic carbocycles. The Morgan fingerprint density at radius 2 is 0.750 bits per heavy atom. The molecular formula is C31H36O. The van der Waals surface area contributed by atoms with Crippen molar-refractivity contribution in [1.29, 1.82) is 0 Å². The molecule has 0 heterocycles. The van der Waals surface area contributed by atoms with Crippen LogP contribution in [0.25, 0.3) is 0 Å². The SMILES string of the molecule is CC(=O)Cc1ccc(C)cc1.Cc1ccccc1.Cc1ccccc1.Cc1ccccc1. The first-order valence-electron chi connectivity index (χ1n) is 11.0. The third-order valence-corrected chi connectivity index (χ3v) is 4.40. The van der Waals surface area contributed by atoms with Crippen molar-refractivity contribution in [3.05, 3.63) is 143 Å². The molecule has 0 amide bonds. The predicted molar refractivity (Wildman–Crippen MR) is 139 cm³/mol. The van der Waals surface area contributed by atoms with E-state index in [1.165, 1.54) is 22.3 Å². The number of benzene rings is 4. The second-order valence-corrected chi connectivity index (χ2v) is 7.83. The predicted octanol–water partition coefficient (Wildman–Crippen LogP) is 8.11. The van der Waals surface area contributed by atoms with Crippen LogP contribution in [0.5, 0.6) is 0 Å². The largest absolute Gasteiger partial charge is 0.300 e. The maximum absolute atomic E-state index is 10.7. The highest BCUT2D eigenvalue weighted by atomic mass is 16.1. The van der Waals surface area contributed by atoms with E-state index in [1.807, 2.05) is 85.8 Å². The van der Waals surface area contributed by atoms with Gasteiger partial charge < -0.3 is 0 Å². The molecule has 0 unspecified atom stereocenters. The normalized spacial score (nSPS) is 9.03. The molecule has 0 atom stereocenters. The fourth-order valence-corrected chi connectivity index (χ4v) is 2.60. The average Bonchev–Trinajstić information content (AvgIpc) is 2.78. The summed E-state index contributed by atoms with van der Waals surface area (Å²) in [5.74, 6) is 0.217. The van der Waals surface area contributed by atoms with Crippen molar-refractivity contribution >= 4 is 5.78 Å². The van der Waals surface area contributed by atoms with Crippen molar-refractivity contribution < 1.29 is 4.79 Å². The molecule has 0 aromatic heterocycles. The highest BCUT2D eigenvalue weighted by Crippen LogP contribution is 2.03. The van der Waals surface area contributed by atoms with Gasteiger partial charge >= 0.3 is 0 Å². The minimum Gasteiger partial charge on any atom is -0.300 e. The van der Waals surface area contributed by atoms with Gasteiger partial charge in [0.2, 0.25) is 0 Å². The standard InChI is InChI=1S/C10H12O.3C7H8/c1-8-3-5-10(6-4-8)7-9(2)11;3*1-7-5-3-2-4-6-7/h3-6H,7H2,1-2H3;3*2-6H,1H3. The van der Waals surface area contributed by atoms with Crippen molar-refractivity contribution in [2.45, 2.75) is 41.0 Å². The van der Waals surface area contributed by atoms with Crippen LogP contribution in [-0.4, -0.2) is 5.78 Å². The smallest absolute Gasteiger partial charge is 0.134 e. The lowest BCUT2D eigenvalue weighted by molar-refractivity contribution is -0.116. The van der Waals surface area contributed by atoms with Crippen molar-refractivity contribution in [1.82, 2.24) is 0 Å². The molecule has 0 saturated heterocycles. The lowest BCUT2D eigenvalue weighted by Gasteiger charge is -1.96. The van der Waals surface area contributed by atoms with E-state index >= 15 is 0 Å². The van der Waals surface area contributed by atoms with Crippen LogP contribution in [0.2, 0.25) is 0 Å². The van der Waals surface area contributed by atoms with E-state index in [1.54, 1.807) is 6.92 Å². The molecule has 0 radical (unpaired) electrons. The van der Waals surface area contributed by atoms with E-state index in [4.69, 9.17) is 0 Å². The van der Waals surface area contributed by atoms with Crippen molar-refractivity contribution in [2.75, 3.05) is 0 Å². The Labute approximate surface area is 194 Å².